The van der Waals surface area contributed by atoms with Crippen molar-refractivity contribution in [2.45, 2.75) is 10.6 Å². The van der Waals surface area contributed by atoms with E-state index in [0.29, 0.717) is 28.8 Å². The van der Waals surface area contributed by atoms with Crippen LogP contribution in [0.15, 0.2) is 83.8 Å². The van der Waals surface area contributed by atoms with Gasteiger partial charge < -0.3 is 10.1 Å². The number of nitrogens with zero attached hydrogens (tertiary/aromatic N) is 1. The Hall–Kier alpha value is -2.68. The van der Waals surface area contributed by atoms with E-state index in [2.05, 4.69) is 5.32 Å². The Morgan fingerprint density at radius 3 is 2.30 bits per heavy atom. The number of amides is 1. The molecule has 0 spiro atoms. The number of benzene rings is 3. The second-order valence-corrected chi connectivity index (χ2v) is 10.5. The van der Waals surface area contributed by atoms with Crippen LogP contribution in [0.1, 0.15) is 5.56 Å². The van der Waals surface area contributed by atoms with E-state index in [9.17, 15) is 13.2 Å². The van der Waals surface area contributed by atoms with Gasteiger partial charge in [0, 0.05) is 23.1 Å². The van der Waals surface area contributed by atoms with E-state index >= 15 is 0 Å². The van der Waals surface area contributed by atoms with E-state index < -0.39 is 10.0 Å². The highest BCUT2D eigenvalue weighted by atomic mass is 35.5. The summed E-state index contributed by atoms with van der Waals surface area (Å²) in [5, 5.41) is 3.51. The van der Waals surface area contributed by atoms with Crippen molar-refractivity contribution in [3.05, 3.63) is 89.4 Å². The molecule has 9 heteroatoms. The predicted octanol–water partition coefficient (Wildman–Crippen LogP) is 4.59. The summed E-state index contributed by atoms with van der Waals surface area (Å²) in [7, 11) is -2.39. The second kappa shape index (κ2) is 12.0. The molecule has 1 amide bonds. The van der Waals surface area contributed by atoms with Crippen LogP contribution in [-0.2, 0) is 20.6 Å². The number of hydrogen-bond donors (Lipinski definition) is 1. The molecule has 3 aromatic rings. The van der Waals surface area contributed by atoms with Crippen LogP contribution in [0.4, 0.5) is 5.69 Å². The van der Waals surface area contributed by atoms with Crippen molar-refractivity contribution in [2.75, 3.05) is 30.3 Å². The lowest BCUT2D eigenvalue weighted by Crippen LogP contribution is -2.41. The molecule has 0 radical (unpaired) electrons. The average Bonchev–Trinajstić information content (AvgIpc) is 2.84. The summed E-state index contributed by atoms with van der Waals surface area (Å²) >= 11 is 7.57. The number of methoxy groups -OCH3 is 1. The third-order valence-corrected chi connectivity index (χ3v) is 7.80. The molecule has 0 aliphatic rings. The van der Waals surface area contributed by atoms with Crippen LogP contribution in [0.25, 0.3) is 0 Å². The molecule has 0 aliphatic carbocycles. The zero-order chi connectivity index (χ0) is 23.7. The summed E-state index contributed by atoms with van der Waals surface area (Å²) in [4.78, 5) is 12.8. The Kier molecular flexibility index (Phi) is 9.05. The minimum absolute atomic E-state index is 0.118. The molecule has 3 aromatic carbocycles. The number of rotatable bonds is 11. The maximum Gasteiger partial charge on any atom is 0.264 e. The van der Waals surface area contributed by atoms with Crippen molar-refractivity contribution in [1.82, 2.24) is 5.32 Å². The molecule has 0 fully saturated rings. The summed E-state index contributed by atoms with van der Waals surface area (Å²) in [5.41, 5.74) is 1.53. The van der Waals surface area contributed by atoms with Gasteiger partial charge in [0.05, 0.1) is 17.7 Å². The highest BCUT2D eigenvalue weighted by Crippen LogP contribution is 2.25. The molecule has 6 nitrogen and oxygen atoms in total. The van der Waals surface area contributed by atoms with Gasteiger partial charge in [-0.15, -0.1) is 0 Å². The fourth-order valence-electron chi connectivity index (χ4n) is 3.00. The van der Waals surface area contributed by atoms with Gasteiger partial charge in [0.1, 0.15) is 12.3 Å². The highest BCUT2D eigenvalue weighted by Gasteiger charge is 2.27. The van der Waals surface area contributed by atoms with Gasteiger partial charge in [0.15, 0.2) is 0 Å². The number of carbonyl (C=O) groups is 1. The first-order chi connectivity index (χ1) is 15.9. The lowest BCUT2D eigenvalue weighted by Gasteiger charge is -2.24. The van der Waals surface area contributed by atoms with E-state index in [4.69, 9.17) is 16.3 Å². The van der Waals surface area contributed by atoms with E-state index in [1.54, 1.807) is 54.2 Å². The molecule has 0 atom stereocenters. The maximum atomic E-state index is 13.3. The van der Waals surface area contributed by atoms with Crippen molar-refractivity contribution in [3.8, 4) is 5.75 Å². The van der Waals surface area contributed by atoms with Crippen LogP contribution in [0.2, 0.25) is 5.02 Å². The molecular weight excluding hydrogens is 480 g/mol. The summed E-state index contributed by atoms with van der Waals surface area (Å²) in [6.07, 6.45) is 0. The third-order valence-electron chi connectivity index (χ3n) is 4.73. The molecule has 1 N–H and O–H groups in total. The van der Waals surface area contributed by atoms with E-state index in [1.807, 2.05) is 24.3 Å². The topological polar surface area (TPSA) is 75.7 Å². The van der Waals surface area contributed by atoms with Gasteiger partial charge >= 0.3 is 0 Å². The number of thioether (sulfide) groups is 1. The van der Waals surface area contributed by atoms with Gasteiger partial charge in [-0.05, 0) is 54.1 Å². The number of ether oxygens (including phenoxy) is 1. The minimum Gasteiger partial charge on any atom is -0.497 e. The first-order valence-corrected chi connectivity index (χ1v) is 13.2. The first kappa shape index (κ1) is 25.0. The third kappa shape index (κ3) is 7.15. The van der Waals surface area contributed by atoms with Crippen LogP contribution in [0.3, 0.4) is 0 Å². The monoisotopic (exact) mass is 504 g/mol. The number of anilines is 1. The average molecular weight is 505 g/mol. The van der Waals surface area contributed by atoms with Gasteiger partial charge in [0.2, 0.25) is 5.91 Å². The number of sulfonamides is 1. The maximum absolute atomic E-state index is 13.3. The van der Waals surface area contributed by atoms with Crippen molar-refractivity contribution < 1.29 is 17.9 Å². The molecule has 3 rings (SSSR count). The standard InChI is InChI=1S/C24H25ClN2O4S2/c1-31-22-13-11-21(12-14-22)27(33(29,30)23-5-3-2-4-6-23)17-24(28)26-15-16-32-18-19-7-9-20(25)10-8-19/h2-14H,15-18H2,1H3,(H,26,28). The Morgan fingerprint density at radius 1 is 1.00 bits per heavy atom. The van der Waals surface area contributed by atoms with Crippen LogP contribution in [0, 0.1) is 0 Å². The normalized spacial score (nSPS) is 11.1. The van der Waals surface area contributed by atoms with Gasteiger partial charge in [-0.1, -0.05) is 41.9 Å². The van der Waals surface area contributed by atoms with Crippen molar-refractivity contribution in [2.24, 2.45) is 0 Å². The van der Waals surface area contributed by atoms with Gasteiger partial charge in [-0.3, -0.25) is 9.10 Å². The van der Waals surface area contributed by atoms with Crippen LogP contribution in [0.5, 0.6) is 5.75 Å². The predicted molar refractivity (Wildman–Crippen MR) is 135 cm³/mol. The van der Waals surface area contributed by atoms with Gasteiger partial charge in [-0.2, -0.15) is 11.8 Å². The molecule has 0 aromatic heterocycles. The number of carbonyl (C=O) groups excluding carboxylic acids is 1. The highest BCUT2D eigenvalue weighted by molar-refractivity contribution is 7.98. The zero-order valence-corrected chi connectivity index (χ0v) is 20.5. The van der Waals surface area contributed by atoms with Crippen molar-refractivity contribution >= 4 is 45.0 Å². The zero-order valence-electron chi connectivity index (χ0n) is 18.1. The van der Waals surface area contributed by atoms with Crippen molar-refractivity contribution in [1.29, 1.82) is 0 Å². The van der Waals surface area contributed by atoms with E-state index in [0.717, 1.165) is 15.6 Å². The molecule has 0 heterocycles. The van der Waals surface area contributed by atoms with Gasteiger partial charge in [0.25, 0.3) is 10.0 Å². The Bertz CT molecular complexity index is 1140. The van der Waals surface area contributed by atoms with Crippen LogP contribution >= 0.6 is 23.4 Å². The fourth-order valence-corrected chi connectivity index (χ4v) is 5.39. The van der Waals surface area contributed by atoms with Crippen LogP contribution < -0.4 is 14.4 Å². The molecule has 174 valence electrons. The molecule has 0 bridgehead atoms. The minimum atomic E-state index is -3.93. The quantitative estimate of drug-likeness (QED) is 0.386. The Labute approximate surface area is 204 Å². The van der Waals surface area contributed by atoms with Crippen LogP contribution in [-0.4, -0.2) is 40.3 Å². The largest absolute Gasteiger partial charge is 0.497 e. The lowest BCUT2D eigenvalue weighted by atomic mass is 10.2. The first-order valence-electron chi connectivity index (χ1n) is 10.2. The van der Waals surface area contributed by atoms with Crippen molar-refractivity contribution in [3.63, 3.8) is 0 Å². The van der Waals surface area contributed by atoms with E-state index in [-0.39, 0.29) is 17.3 Å². The second-order valence-electron chi connectivity index (χ2n) is 7.05. The van der Waals surface area contributed by atoms with E-state index in [1.165, 1.54) is 19.2 Å². The molecule has 0 saturated heterocycles. The smallest absolute Gasteiger partial charge is 0.264 e. The molecular formula is C24H25ClN2O4S2. The molecule has 0 saturated carbocycles. The number of nitrogens with one attached hydrogen (secondary N) is 1. The fraction of sp³-hybridized carbons (Fsp3) is 0.208. The Balaban J connectivity index is 1.62. The summed E-state index contributed by atoms with van der Waals surface area (Å²) in [6.45, 7) is 0.102. The lowest BCUT2D eigenvalue weighted by molar-refractivity contribution is -0.119. The SMILES string of the molecule is COc1ccc(N(CC(=O)NCCSCc2ccc(Cl)cc2)S(=O)(=O)c2ccccc2)cc1. The summed E-state index contributed by atoms with van der Waals surface area (Å²) in [5.74, 6) is 1.71. The van der Waals surface area contributed by atoms with Gasteiger partial charge in [-0.25, -0.2) is 8.42 Å². The molecule has 0 aliphatic heterocycles. The summed E-state index contributed by atoms with van der Waals surface area (Å²) in [6, 6.07) is 22.3. The molecule has 0 unspecified atom stereocenters. The number of halogens is 1. The summed E-state index contributed by atoms with van der Waals surface area (Å²) < 4.78 is 32.8. The number of hydrogen-bond acceptors (Lipinski definition) is 5. The molecule has 33 heavy (non-hydrogen) atoms. The Morgan fingerprint density at radius 2 is 1.67 bits per heavy atom.